The van der Waals surface area contributed by atoms with Crippen molar-refractivity contribution in [3.8, 4) is 0 Å². The van der Waals surface area contributed by atoms with Gasteiger partial charge in [-0.1, -0.05) is 43.3 Å². The van der Waals surface area contributed by atoms with Crippen LogP contribution in [0.1, 0.15) is 42.9 Å². The van der Waals surface area contributed by atoms with Crippen LogP contribution in [0.2, 0.25) is 0 Å². The van der Waals surface area contributed by atoms with Crippen LogP contribution in [0.15, 0.2) is 48.5 Å². The number of aliphatic hydroxyl groups is 2. The second-order valence-electron chi connectivity index (χ2n) is 7.89. The fourth-order valence-electron chi connectivity index (χ4n) is 4.52. The first-order valence-corrected chi connectivity index (χ1v) is 10.2. The predicted octanol–water partition coefficient (Wildman–Crippen LogP) is 1.52. The van der Waals surface area contributed by atoms with Gasteiger partial charge in [0.2, 0.25) is 0 Å². The maximum absolute atomic E-state index is 12.5. The highest BCUT2D eigenvalue weighted by molar-refractivity contribution is 5.74. The van der Waals surface area contributed by atoms with E-state index in [9.17, 15) is 15.0 Å². The maximum Gasteiger partial charge on any atom is 0.309 e. The fourth-order valence-corrected chi connectivity index (χ4v) is 4.52. The van der Waals surface area contributed by atoms with E-state index in [4.69, 9.17) is 10.6 Å². The van der Waals surface area contributed by atoms with E-state index in [0.29, 0.717) is 19.4 Å². The Labute approximate surface area is 171 Å². The van der Waals surface area contributed by atoms with Gasteiger partial charge in [-0.25, -0.2) is 5.43 Å². The summed E-state index contributed by atoms with van der Waals surface area (Å²) in [5, 5.41) is 22.3. The van der Waals surface area contributed by atoms with Gasteiger partial charge in [-0.2, -0.15) is 5.84 Å². The van der Waals surface area contributed by atoms with E-state index in [0.717, 1.165) is 22.4 Å². The average molecular weight is 400 g/mol. The first-order chi connectivity index (χ1) is 13.9. The van der Waals surface area contributed by atoms with Gasteiger partial charge in [0, 0.05) is 24.5 Å². The molecule has 0 aliphatic heterocycles. The van der Waals surface area contributed by atoms with Gasteiger partial charge in [-0.3, -0.25) is 4.79 Å². The van der Waals surface area contributed by atoms with E-state index >= 15 is 0 Å². The molecule has 1 aliphatic carbocycles. The summed E-state index contributed by atoms with van der Waals surface area (Å²) in [6, 6.07) is 15.4. The Hall–Kier alpha value is -2.25. The summed E-state index contributed by atoms with van der Waals surface area (Å²) >= 11 is 0. The van der Waals surface area contributed by atoms with Gasteiger partial charge in [-0.05, 0) is 42.4 Å². The zero-order valence-electron chi connectivity index (χ0n) is 17.0. The third-order valence-corrected chi connectivity index (χ3v) is 6.00. The molecule has 0 spiro atoms. The normalized spacial score (nSPS) is 21.5. The average Bonchev–Trinajstić information content (AvgIpc) is 2.72. The Balaban J connectivity index is 1.87. The molecule has 0 amide bonds. The van der Waals surface area contributed by atoms with E-state index in [1.807, 2.05) is 55.5 Å². The molecule has 0 saturated heterocycles. The third kappa shape index (κ3) is 4.67. The minimum Gasteiger partial charge on any atom is -0.466 e. The van der Waals surface area contributed by atoms with Crippen molar-refractivity contribution in [1.29, 1.82) is 0 Å². The monoisotopic (exact) mass is 399 g/mol. The van der Waals surface area contributed by atoms with Crippen LogP contribution in [0.5, 0.6) is 0 Å². The van der Waals surface area contributed by atoms with Gasteiger partial charge in [-0.15, -0.1) is 0 Å². The third-order valence-electron chi connectivity index (χ3n) is 6.00. The number of ether oxygens (including phenoxy) is 1. The van der Waals surface area contributed by atoms with E-state index in [-0.39, 0.29) is 18.3 Å². The number of rotatable bonds is 7. The Morgan fingerprint density at radius 3 is 2.72 bits per heavy atom. The van der Waals surface area contributed by atoms with Crippen LogP contribution in [0.3, 0.4) is 0 Å². The Morgan fingerprint density at radius 1 is 1.24 bits per heavy atom. The SMILES string of the molecule is CCOC(=O)C1Cc2ccccc2C(C(O)(O)CCc2cccc([NH2+]N)c2)C1C. The van der Waals surface area contributed by atoms with Crippen molar-refractivity contribution in [1.82, 2.24) is 0 Å². The van der Waals surface area contributed by atoms with Crippen molar-refractivity contribution >= 4 is 11.7 Å². The van der Waals surface area contributed by atoms with Gasteiger partial charge < -0.3 is 14.9 Å². The second kappa shape index (κ2) is 9.05. The molecule has 1 aliphatic rings. The van der Waals surface area contributed by atoms with Crippen LogP contribution in [-0.2, 0) is 22.4 Å². The minimum absolute atomic E-state index is 0.153. The molecule has 2 aromatic rings. The highest BCUT2D eigenvalue weighted by atomic mass is 16.5. The Bertz CT molecular complexity index is 852. The van der Waals surface area contributed by atoms with Crippen LogP contribution in [-0.4, -0.2) is 28.6 Å². The Morgan fingerprint density at radius 2 is 2.00 bits per heavy atom. The van der Waals surface area contributed by atoms with Crippen molar-refractivity contribution in [3.05, 3.63) is 65.2 Å². The quantitative estimate of drug-likeness (QED) is 0.186. The molecule has 0 fully saturated rings. The molecule has 0 heterocycles. The largest absolute Gasteiger partial charge is 0.466 e. The smallest absolute Gasteiger partial charge is 0.309 e. The first kappa shape index (κ1) is 21.5. The number of quaternary nitrogens is 1. The summed E-state index contributed by atoms with van der Waals surface area (Å²) in [5.41, 5.74) is 5.27. The molecule has 156 valence electrons. The molecule has 29 heavy (non-hydrogen) atoms. The number of benzene rings is 2. The van der Waals surface area contributed by atoms with Crippen LogP contribution in [0.4, 0.5) is 5.69 Å². The van der Waals surface area contributed by atoms with E-state index < -0.39 is 17.6 Å². The van der Waals surface area contributed by atoms with Gasteiger partial charge in [0.25, 0.3) is 0 Å². The Kier molecular flexibility index (Phi) is 6.70. The molecule has 6 nitrogen and oxygen atoms in total. The minimum atomic E-state index is -1.96. The molecule has 2 aromatic carbocycles. The van der Waals surface area contributed by atoms with Crippen LogP contribution in [0, 0.1) is 11.8 Å². The lowest BCUT2D eigenvalue weighted by atomic mass is 9.66. The van der Waals surface area contributed by atoms with Crippen molar-refractivity contribution in [3.63, 3.8) is 0 Å². The number of carbonyl (C=O) groups is 1. The number of nitrogens with two attached hydrogens (primary N) is 2. The van der Waals surface area contributed by atoms with Gasteiger partial charge >= 0.3 is 5.97 Å². The summed E-state index contributed by atoms with van der Waals surface area (Å²) in [6.07, 6.45) is 1.20. The van der Waals surface area contributed by atoms with Crippen LogP contribution < -0.4 is 11.3 Å². The second-order valence-corrected chi connectivity index (χ2v) is 7.89. The van der Waals surface area contributed by atoms with E-state index in [1.54, 1.807) is 6.92 Å². The van der Waals surface area contributed by atoms with Crippen LogP contribution in [0.25, 0.3) is 0 Å². The van der Waals surface area contributed by atoms with Gasteiger partial charge in [0.05, 0.1) is 12.5 Å². The molecule has 0 bridgehead atoms. The summed E-state index contributed by atoms with van der Waals surface area (Å²) in [4.78, 5) is 12.5. The predicted molar refractivity (Wildman–Crippen MR) is 110 cm³/mol. The molecule has 0 radical (unpaired) electrons. The summed E-state index contributed by atoms with van der Waals surface area (Å²) in [7, 11) is 0. The fraction of sp³-hybridized carbons (Fsp3) is 0.435. The molecular weight excluding hydrogens is 368 g/mol. The lowest BCUT2D eigenvalue weighted by Crippen LogP contribution is -2.85. The standard InChI is InChI=1S/C23H30N2O4/c1-3-29-22(26)20-14-17-8-4-5-10-19(17)21(15(20)2)23(27,28)12-11-16-7-6-9-18(13-16)25-24/h4-10,13,15,20-21,25,27-28H,3,11-12,14,24H2,1-2H3/p+1. The number of aryl methyl sites for hydroxylation is 1. The topological polar surface area (TPSA) is 109 Å². The van der Waals surface area contributed by atoms with Gasteiger partial charge in [0.15, 0.2) is 5.79 Å². The summed E-state index contributed by atoms with van der Waals surface area (Å²) in [5.74, 6) is 2.12. The number of esters is 1. The highest BCUT2D eigenvalue weighted by Gasteiger charge is 2.47. The zero-order valence-corrected chi connectivity index (χ0v) is 17.0. The summed E-state index contributed by atoms with van der Waals surface area (Å²) < 4.78 is 5.27. The van der Waals surface area contributed by atoms with Crippen LogP contribution >= 0.6 is 0 Å². The number of hydrogen-bond acceptors (Lipinski definition) is 5. The number of fused-ring (bicyclic) bond motifs is 1. The lowest BCUT2D eigenvalue weighted by Gasteiger charge is -2.43. The van der Waals surface area contributed by atoms with E-state index in [2.05, 4.69) is 0 Å². The van der Waals surface area contributed by atoms with E-state index in [1.165, 1.54) is 5.43 Å². The zero-order chi connectivity index (χ0) is 21.0. The van der Waals surface area contributed by atoms with Crippen molar-refractivity contribution in [2.75, 3.05) is 6.61 Å². The van der Waals surface area contributed by atoms with Crippen molar-refractivity contribution < 1.29 is 25.2 Å². The molecule has 3 atom stereocenters. The molecule has 6 N–H and O–H groups in total. The van der Waals surface area contributed by atoms with Gasteiger partial charge in [0.1, 0.15) is 5.69 Å². The molecule has 0 aromatic heterocycles. The lowest BCUT2D eigenvalue weighted by molar-refractivity contribution is -0.584. The molecule has 0 saturated carbocycles. The molecule has 6 heteroatoms. The maximum atomic E-state index is 12.5. The number of carbonyl (C=O) groups excluding carboxylic acids is 1. The first-order valence-electron chi connectivity index (χ1n) is 10.2. The van der Waals surface area contributed by atoms with Crippen molar-refractivity contribution in [2.24, 2.45) is 17.7 Å². The molecular formula is C23H31N2O4+. The molecule has 3 unspecified atom stereocenters. The van der Waals surface area contributed by atoms with Crippen molar-refractivity contribution in [2.45, 2.75) is 44.8 Å². The number of hydrogen-bond donors (Lipinski definition) is 4. The highest BCUT2D eigenvalue weighted by Crippen LogP contribution is 2.46. The summed E-state index contributed by atoms with van der Waals surface area (Å²) in [6.45, 7) is 4.01. The molecule has 3 rings (SSSR count).